The van der Waals surface area contributed by atoms with Crippen LogP contribution in [0.15, 0.2) is 66.2 Å². The van der Waals surface area contributed by atoms with Crippen LogP contribution in [0.4, 0.5) is 0 Å². The summed E-state index contributed by atoms with van der Waals surface area (Å²) in [6, 6.07) is 17.1. The molecule has 1 aliphatic heterocycles. The molecule has 1 fully saturated rings. The summed E-state index contributed by atoms with van der Waals surface area (Å²) >= 11 is 7.63. The lowest BCUT2D eigenvalue weighted by atomic mass is 10.2. The third-order valence-electron chi connectivity index (χ3n) is 5.97. The highest BCUT2D eigenvalue weighted by atomic mass is 35.5. The molecule has 1 saturated heterocycles. The number of carbonyl (C=O) groups is 1. The first-order valence-corrected chi connectivity index (χ1v) is 12.7. The van der Waals surface area contributed by atoms with Gasteiger partial charge in [0.15, 0.2) is 11.6 Å². The van der Waals surface area contributed by atoms with Gasteiger partial charge >= 0.3 is 0 Å². The third kappa shape index (κ3) is 5.43. The molecule has 0 aliphatic carbocycles. The van der Waals surface area contributed by atoms with Crippen LogP contribution >= 0.6 is 22.9 Å². The molecule has 1 aliphatic rings. The van der Waals surface area contributed by atoms with Crippen molar-refractivity contribution in [3.8, 4) is 17.0 Å². The lowest BCUT2D eigenvalue weighted by molar-refractivity contribution is -0.134. The fourth-order valence-electron chi connectivity index (χ4n) is 4.12. The van der Waals surface area contributed by atoms with Crippen molar-refractivity contribution in [1.29, 1.82) is 0 Å². The topological polar surface area (TPSA) is 56.1 Å². The Labute approximate surface area is 207 Å². The van der Waals surface area contributed by atoms with E-state index in [1.165, 1.54) is 0 Å². The van der Waals surface area contributed by atoms with Gasteiger partial charge in [0, 0.05) is 54.0 Å². The summed E-state index contributed by atoms with van der Waals surface area (Å²) in [6.07, 6.45) is 4.89. The van der Waals surface area contributed by atoms with Gasteiger partial charge in [-0.25, -0.2) is 4.98 Å². The molecule has 2 aromatic heterocycles. The van der Waals surface area contributed by atoms with Crippen molar-refractivity contribution in [2.24, 2.45) is 0 Å². The monoisotopic (exact) mass is 495 g/mol. The first-order valence-electron chi connectivity index (χ1n) is 11.4. The highest BCUT2D eigenvalue weighted by Gasteiger charge is 2.23. The maximum atomic E-state index is 13.1. The predicted molar refractivity (Wildman–Crippen MR) is 135 cm³/mol. The molecule has 3 heterocycles. The summed E-state index contributed by atoms with van der Waals surface area (Å²) in [6.45, 7) is 1.96. The van der Waals surface area contributed by atoms with Crippen molar-refractivity contribution < 1.29 is 14.3 Å². The molecule has 1 amide bonds. The van der Waals surface area contributed by atoms with Gasteiger partial charge in [-0.3, -0.25) is 9.20 Å². The number of rotatable bonds is 9. The minimum absolute atomic E-state index is 0.0154. The molecule has 176 valence electrons. The van der Waals surface area contributed by atoms with E-state index >= 15 is 0 Å². The Balaban J connectivity index is 1.28. The number of carbonyl (C=O) groups excluding carboxylic acids is 1. The molecular formula is C26H26ClN3O3S. The number of ether oxygens (including phenoxy) is 2. The molecule has 4 aromatic rings. The van der Waals surface area contributed by atoms with Gasteiger partial charge in [0.25, 0.3) is 5.91 Å². The molecule has 8 heteroatoms. The molecule has 34 heavy (non-hydrogen) atoms. The largest absolute Gasteiger partial charge is 0.484 e. The van der Waals surface area contributed by atoms with Gasteiger partial charge in [-0.1, -0.05) is 41.9 Å². The van der Waals surface area contributed by atoms with E-state index in [0.717, 1.165) is 47.8 Å². The van der Waals surface area contributed by atoms with E-state index in [0.29, 0.717) is 23.9 Å². The Hall–Kier alpha value is -2.87. The van der Waals surface area contributed by atoms with E-state index in [2.05, 4.69) is 16.0 Å². The number of imidazole rings is 1. The second kappa shape index (κ2) is 10.6. The Kier molecular flexibility index (Phi) is 7.13. The van der Waals surface area contributed by atoms with E-state index in [-0.39, 0.29) is 18.6 Å². The van der Waals surface area contributed by atoms with Crippen LogP contribution in [-0.2, 0) is 16.0 Å². The highest BCUT2D eigenvalue weighted by molar-refractivity contribution is 7.15. The molecule has 0 saturated carbocycles. The zero-order valence-corrected chi connectivity index (χ0v) is 20.3. The quantitative estimate of drug-likeness (QED) is 0.314. The summed E-state index contributed by atoms with van der Waals surface area (Å²) in [5.74, 6) is 0.666. The molecule has 6 nitrogen and oxygen atoms in total. The third-order valence-corrected chi connectivity index (χ3v) is 7.11. The van der Waals surface area contributed by atoms with Gasteiger partial charge in [-0.05, 0) is 37.1 Å². The predicted octanol–water partition coefficient (Wildman–Crippen LogP) is 5.35. The van der Waals surface area contributed by atoms with Crippen LogP contribution in [0.1, 0.15) is 18.5 Å². The highest BCUT2D eigenvalue weighted by Crippen LogP contribution is 2.25. The van der Waals surface area contributed by atoms with Crippen molar-refractivity contribution in [2.45, 2.75) is 25.4 Å². The number of nitrogens with zero attached hydrogens (tertiary/aromatic N) is 3. The van der Waals surface area contributed by atoms with Gasteiger partial charge in [0.1, 0.15) is 5.75 Å². The molecule has 1 unspecified atom stereocenters. The summed E-state index contributed by atoms with van der Waals surface area (Å²) in [5, 5.41) is 2.82. The zero-order valence-electron chi connectivity index (χ0n) is 18.7. The molecule has 5 rings (SSSR count). The van der Waals surface area contributed by atoms with Crippen molar-refractivity contribution in [3.05, 3.63) is 76.9 Å². The van der Waals surface area contributed by atoms with Gasteiger partial charge in [-0.15, -0.1) is 11.3 Å². The Morgan fingerprint density at radius 1 is 1.21 bits per heavy atom. The van der Waals surface area contributed by atoms with Crippen molar-refractivity contribution in [2.75, 3.05) is 26.3 Å². The van der Waals surface area contributed by atoms with Crippen molar-refractivity contribution >= 4 is 33.8 Å². The van der Waals surface area contributed by atoms with Crippen molar-refractivity contribution in [1.82, 2.24) is 14.3 Å². The smallest absolute Gasteiger partial charge is 0.260 e. The van der Waals surface area contributed by atoms with Gasteiger partial charge in [-0.2, -0.15) is 0 Å². The Morgan fingerprint density at radius 3 is 2.79 bits per heavy atom. The summed E-state index contributed by atoms with van der Waals surface area (Å²) in [4.78, 5) is 20.6. The van der Waals surface area contributed by atoms with Crippen LogP contribution in [0.25, 0.3) is 16.2 Å². The van der Waals surface area contributed by atoms with Crippen LogP contribution < -0.4 is 4.74 Å². The molecule has 1 atom stereocenters. The number of halogens is 1. The fourth-order valence-corrected chi connectivity index (χ4v) is 5.16. The number of fused-ring (bicyclic) bond motifs is 1. The van der Waals surface area contributed by atoms with E-state index in [1.54, 1.807) is 11.3 Å². The van der Waals surface area contributed by atoms with E-state index in [4.69, 9.17) is 26.1 Å². The minimum atomic E-state index is -0.0293. The maximum Gasteiger partial charge on any atom is 0.260 e. The molecule has 0 spiro atoms. The fraction of sp³-hybridized carbons (Fsp3) is 0.308. The summed E-state index contributed by atoms with van der Waals surface area (Å²) < 4.78 is 13.6. The van der Waals surface area contributed by atoms with Crippen LogP contribution in [0.5, 0.6) is 5.75 Å². The SMILES string of the molecule is O=C(COc1ccccc1)N(CCc1csc2nc(-c3ccc(Cl)cc3)cn12)CC1CCCO1. The second-order valence-electron chi connectivity index (χ2n) is 8.34. The van der Waals surface area contributed by atoms with Crippen LogP contribution in [0.2, 0.25) is 5.02 Å². The summed E-state index contributed by atoms with van der Waals surface area (Å²) in [5.41, 5.74) is 3.06. The average molecular weight is 496 g/mol. The van der Waals surface area contributed by atoms with Crippen LogP contribution in [0, 0.1) is 0 Å². The minimum Gasteiger partial charge on any atom is -0.484 e. The molecule has 0 radical (unpaired) electrons. The standard InChI is InChI=1S/C26H26ClN3O3S/c27-20-10-8-19(9-11-20)24-16-30-21(18-34-26(30)28-24)12-13-29(15-23-7-4-14-32-23)25(31)17-33-22-5-2-1-3-6-22/h1-3,5-6,8-11,16,18,23H,4,7,12-15,17H2. The molecule has 0 N–H and O–H groups in total. The number of thiazole rings is 1. The molecule has 2 aromatic carbocycles. The number of aromatic nitrogens is 2. The number of benzene rings is 2. The summed E-state index contributed by atoms with van der Waals surface area (Å²) in [7, 11) is 0. The first kappa shape index (κ1) is 22.9. The number of hydrogen-bond donors (Lipinski definition) is 0. The normalized spacial score (nSPS) is 15.6. The molecule has 0 bridgehead atoms. The van der Waals surface area contributed by atoms with Crippen LogP contribution in [-0.4, -0.2) is 52.6 Å². The van der Waals surface area contributed by atoms with Gasteiger partial charge in [0.05, 0.1) is 11.8 Å². The van der Waals surface area contributed by atoms with E-state index in [9.17, 15) is 4.79 Å². The average Bonchev–Trinajstić information content (AvgIpc) is 3.60. The van der Waals surface area contributed by atoms with Crippen LogP contribution in [0.3, 0.4) is 0 Å². The maximum absolute atomic E-state index is 13.1. The van der Waals surface area contributed by atoms with Gasteiger partial charge in [0.2, 0.25) is 0 Å². The second-order valence-corrected chi connectivity index (χ2v) is 9.61. The number of para-hydroxylation sites is 1. The van der Waals surface area contributed by atoms with Crippen molar-refractivity contribution in [3.63, 3.8) is 0 Å². The Bertz CT molecular complexity index is 1230. The number of amides is 1. The first-order chi connectivity index (χ1) is 16.7. The lowest BCUT2D eigenvalue weighted by Gasteiger charge is -2.25. The lowest BCUT2D eigenvalue weighted by Crippen LogP contribution is -2.41. The van der Waals surface area contributed by atoms with Gasteiger partial charge < -0.3 is 14.4 Å². The van der Waals surface area contributed by atoms with E-state index < -0.39 is 0 Å². The Morgan fingerprint density at radius 2 is 2.03 bits per heavy atom. The molecular weight excluding hydrogens is 470 g/mol. The number of hydrogen-bond acceptors (Lipinski definition) is 5. The zero-order chi connectivity index (χ0) is 23.3. The van der Waals surface area contributed by atoms with E-state index in [1.807, 2.05) is 59.5 Å².